The van der Waals surface area contributed by atoms with Crippen LogP contribution in [0.15, 0.2) is 53.3 Å². The Morgan fingerprint density at radius 3 is 2.43 bits per heavy atom. The van der Waals surface area contributed by atoms with Gasteiger partial charge in [0.15, 0.2) is 0 Å². The maximum atomic E-state index is 11.8. The van der Waals surface area contributed by atoms with E-state index in [0.29, 0.717) is 23.2 Å². The summed E-state index contributed by atoms with van der Waals surface area (Å²) in [7, 11) is -3.37. The molecule has 1 aromatic heterocycles. The molecule has 0 aliphatic rings. The molecule has 7 heteroatoms. The molecule has 0 amide bonds. The molecule has 0 saturated heterocycles. The maximum Gasteiger partial charge on any atom is 0.272 e. The van der Waals surface area contributed by atoms with Crippen LogP contribution >= 0.6 is 0 Å². The Hall–Kier alpha value is -2.67. The van der Waals surface area contributed by atoms with Gasteiger partial charge in [-0.05, 0) is 17.7 Å². The predicted molar refractivity (Wildman–Crippen MR) is 90.1 cm³/mol. The van der Waals surface area contributed by atoms with Crippen molar-refractivity contribution < 1.29 is 8.42 Å². The summed E-state index contributed by atoms with van der Waals surface area (Å²) in [5, 5.41) is 7.93. The third-order valence-electron chi connectivity index (χ3n) is 3.45. The second kappa shape index (κ2) is 5.85. The van der Waals surface area contributed by atoms with Crippen molar-refractivity contribution in [1.29, 1.82) is 0 Å². The van der Waals surface area contributed by atoms with Crippen LogP contribution < -0.4 is 10.3 Å². The van der Waals surface area contributed by atoms with Gasteiger partial charge < -0.3 is 0 Å². The normalized spacial score (nSPS) is 11.5. The third-order valence-corrected chi connectivity index (χ3v) is 4.04. The molecule has 3 aromatic rings. The van der Waals surface area contributed by atoms with Crippen molar-refractivity contribution in [3.05, 3.63) is 70.1 Å². The van der Waals surface area contributed by atoms with Crippen LogP contribution in [0.4, 0.5) is 5.69 Å². The van der Waals surface area contributed by atoms with Crippen LogP contribution in [0.3, 0.4) is 0 Å². The van der Waals surface area contributed by atoms with Crippen LogP contribution in [0.2, 0.25) is 0 Å². The quantitative estimate of drug-likeness (QED) is 0.764. The van der Waals surface area contributed by atoms with Crippen molar-refractivity contribution >= 4 is 26.5 Å². The molecule has 0 bridgehead atoms. The number of rotatable bonds is 4. The lowest BCUT2D eigenvalue weighted by molar-refractivity contribution is 0.606. The van der Waals surface area contributed by atoms with E-state index < -0.39 is 10.0 Å². The summed E-state index contributed by atoms with van der Waals surface area (Å²) in [6.45, 7) is 0. The van der Waals surface area contributed by atoms with E-state index in [-0.39, 0.29) is 5.56 Å². The number of fused-ring (bicyclic) bond motifs is 1. The highest BCUT2D eigenvalue weighted by molar-refractivity contribution is 7.92. The lowest BCUT2D eigenvalue weighted by Gasteiger charge is -2.11. The van der Waals surface area contributed by atoms with Crippen molar-refractivity contribution in [2.24, 2.45) is 0 Å². The van der Waals surface area contributed by atoms with Gasteiger partial charge in [0.1, 0.15) is 0 Å². The molecule has 0 radical (unpaired) electrons. The van der Waals surface area contributed by atoms with E-state index >= 15 is 0 Å². The fraction of sp³-hybridized carbons (Fsp3) is 0.125. The van der Waals surface area contributed by atoms with Crippen LogP contribution in [-0.4, -0.2) is 24.9 Å². The van der Waals surface area contributed by atoms with Crippen molar-refractivity contribution in [1.82, 2.24) is 10.2 Å². The number of hydrogen-bond acceptors (Lipinski definition) is 4. The first-order valence-corrected chi connectivity index (χ1v) is 8.85. The Morgan fingerprint density at radius 2 is 1.70 bits per heavy atom. The molecule has 1 heterocycles. The molecular weight excluding hydrogens is 314 g/mol. The van der Waals surface area contributed by atoms with Crippen LogP contribution in [0.5, 0.6) is 0 Å². The number of H-pyrrole nitrogens is 1. The predicted octanol–water partition coefficient (Wildman–Crippen LogP) is 1.89. The van der Waals surface area contributed by atoms with Gasteiger partial charge in [-0.1, -0.05) is 36.4 Å². The lowest BCUT2D eigenvalue weighted by Crippen LogP contribution is -2.13. The zero-order chi connectivity index (χ0) is 16.4. The van der Waals surface area contributed by atoms with Gasteiger partial charge in [-0.25, -0.2) is 13.5 Å². The monoisotopic (exact) mass is 329 g/mol. The van der Waals surface area contributed by atoms with Gasteiger partial charge in [0.25, 0.3) is 5.56 Å². The zero-order valence-corrected chi connectivity index (χ0v) is 13.2. The molecule has 0 fully saturated rings. The number of aromatic amines is 1. The van der Waals surface area contributed by atoms with Crippen LogP contribution in [0.1, 0.15) is 11.3 Å². The third kappa shape index (κ3) is 3.40. The number of aromatic nitrogens is 2. The minimum atomic E-state index is -3.37. The summed E-state index contributed by atoms with van der Waals surface area (Å²) in [5.74, 6) is 0. The fourth-order valence-electron chi connectivity index (χ4n) is 2.46. The lowest BCUT2D eigenvalue weighted by atomic mass is 10.0. The summed E-state index contributed by atoms with van der Waals surface area (Å²) in [4.78, 5) is 11.8. The molecular formula is C16H15N3O3S. The van der Waals surface area contributed by atoms with E-state index in [9.17, 15) is 13.2 Å². The maximum absolute atomic E-state index is 11.8. The summed E-state index contributed by atoms with van der Waals surface area (Å²) in [6, 6.07) is 14.3. The summed E-state index contributed by atoms with van der Waals surface area (Å²) >= 11 is 0. The number of sulfonamides is 1. The summed E-state index contributed by atoms with van der Waals surface area (Å²) < 4.78 is 25.5. The average Bonchev–Trinajstić information content (AvgIpc) is 2.51. The first-order valence-electron chi connectivity index (χ1n) is 6.96. The number of para-hydroxylation sites is 1. The van der Waals surface area contributed by atoms with E-state index in [1.54, 1.807) is 24.3 Å². The molecule has 0 atom stereocenters. The van der Waals surface area contributed by atoms with E-state index in [4.69, 9.17) is 0 Å². The van der Waals surface area contributed by atoms with Gasteiger partial charge in [-0.2, -0.15) is 5.10 Å². The smallest absolute Gasteiger partial charge is 0.272 e. The second-order valence-corrected chi connectivity index (χ2v) is 7.00. The van der Waals surface area contributed by atoms with Crippen molar-refractivity contribution in [3.8, 4) is 0 Å². The highest BCUT2D eigenvalue weighted by Gasteiger charge is 2.11. The van der Waals surface area contributed by atoms with Gasteiger partial charge in [-0.15, -0.1) is 0 Å². The van der Waals surface area contributed by atoms with Crippen molar-refractivity contribution in [3.63, 3.8) is 0 Å². The van der Waals surface area contributed by atoms with Crippen LogP contribution in [0.25, 0.3) is 10.8 Å². The van der Waals surface area contributed by atoms with E-state index in [2.05, 4.69) is 14.9 Å². The highest BCUT2D eigenvalue weighted by Crippen LogP contribution is 2.22. The van der Waals surface area contributed by atoms with E-state index in [1.807, 2.05) is 24.3 Å². The topological polar surface area (TPSA) is 91.9 Å². The standard InChI is InChI=1S/C16H15N3O3S/c1-23(21,22)19-14-9-5-2-6-11(14)10-15-12-7-3-4-8-13(12)16(20)18-17-15/h2-9,19H,10H2,1H3,(H,18,20). The molecule has 0 aliphatic heterocycles. The second-order valence-electron chi connectivity index (χ2n) is 5.25. The molecule has 3 rings (SSSR count). The number of hydrogen-bond donors (Lipinski definition) is 2. The molecule has 0 spiro atoms. The van der Waals surface area contributed by atoms with Crippen LogP contribution in [0, 0.1) is 0 Å². The fourth-order valence-corrected chi connectivity index (χ4v) is 3.06. The highest BCUT2D eigenvalue weighted by atomic mass is 32.2. The summed E-state index contributed by atoms with van der Waals surface area (Å²) in [5.41, 5.74) is 1.73. The molecule has 0 aliphatic carbocycles. The number of benzene rings is 2. The number of anilines is 1. The Balaban J connectivity index is 2.07. The molecule has 6 nitrogen and oxygen atoms in total. The minimum Gasteiger partial charge on any atom is -0.283 e. The Bertz CT molecular complexity index is 1030. The average molecular weight is 329 g/mol. The SMILES string of the molecule is CS(=O)(=O)Nc1ccccc1Cc1n[nH]c(=O)c2ccccc12. The summed E-state index contributed by atoms with van der Waals surface area (Å²) in [6.07, 6.45) is 1.51. The number of nitrogens with one attached hydrogen (secondary N) is 2. The Labute approximate surface area is 133 Å². The van der Waals surface area contributed by atoms with Gasteiger partial charge in [0, 0.05) is 11.8 Å². The van der Waals surface area contributed by atoms with E-state index in [0.717, 1.165) is 17.2 Å². The first kappa shape index (κ1) is 15.2. The van der Waals surface area contributed by atoms with Gasteiger partial charge in [-0.3, -0.25) is 9.52 Å². The first-order chi connectivity index (χ1) is 10.9. The van der Waals surface area contributed by atoms with Gasteiger partial charge in [0.2, 0.25) is 10.0 Å². The Morgan fingerprint density at radius 1 is 1.04 bits per heavy atom. The molecule has 0 unspecified atom stereocenters. The molecule has 23 heavy (non-hydrogen) atoms. The molecule has 2 N–H and O–H groups in total. The molecule has 2 aromatic carbocycles. The van der Waals surface area contributed by atoms with E-state index in [1.165, 1.54) is 0 Å². The number of nitrogens with zero attached hydrogens (tertiary/aromatic N) is 1. The van der Waals surface area contributed by atoms with Crippen molar-refractivity contribution in [2.45, 2.75) is 6.42 Å². The van der Waals surface area contributed by atoms with Crippen LogP contribution in [-0.2, 0) is 16.4 Å². The van der Waals surface area contributed by atoms with Crippen molar-refractivity contribution in [2.75, 3.05) is 11.0 Å². The molecule has 118 valence electrons. The largest absolute Gasteiger partial charge is 0.283 e. The molecule has 0 saturated carbocycles. The zero-order valence-electron chi connectivity index (χ0n) is 12.4. The Kier molecular flexibility index (Phi) is 3.87. The minimum absolute atomic E-state index is 0.244. The van der Waals surface area contributed by atoms with Gasteiger partial charge >= 0.3 is 0 Å². The van der Waals surface area contributed by atoms with Gasteiger partial charge in [0.05, 0.1) is 23.0 Å².